The minimum absolute atomic E-state index is 0.000324. The quantitative estimate of drug-likeness (QED) is 0.593. The van der Waals surface area contributed by atoms with Crippen LogP contribution >= 0.6 is 0 Å². The zero-order chi connectivity index (χ0) is 24.1. The van der Waals surface area contributed by atoms with Crippen molar-refractivity contribution in [3.05, 3.63) is 70.8 Å². The fourth-order valence-corrected chi connectivity index (χ4v) is 4.50. The maximum atomic E-state index is 13.2. The lowest BCUT2D eigenvalue weighted by molar-refractivity contribution is -0.143. The highest BCUT2D eigenvalue weighted by Crippen LogP contribution is 2.54. The number of hydrogen-bond donors (Lipinski definition) is 1. The van der Waals surface area contributed by atoms with E-state index < -0.39 is 40.5 Å². The lowest BCUT2D eigenvalue weighted by Gasteiger charge is -2.51. The molecule has 0 radical (unpaired) electrons. The van der Waals surface area contributed by atoms with Crippen molar-refractivity contribution in [2.75, 3.05) is 6.61 Å². The summed E-state index contributed by atoms with van der Waals surface area (Å²) in [5.74, 6) is -0.241. The molecule has 1 atom stereocenters. The predicted octanol–water partition coefficient (Wildman–Crippen LogP) is 5.43. The summed E-state index contributed by atoms with van der Waals surface area (Å²) in [7, 11) is 0. The third-order valence-electron chi connectivity index (χ3n) is 6.27. The van der Waals surface area contributed by atoms with Crippen LogP contribution in [0.1, 0.15) is 48.1 Å². The summed E-state index contributed by atoms with van der Waals surface area (Å²) in [6, 6.07) is 10.6. The van der Waals surface area contributed by atoms with E-state index in [0.29, 0.717) is 25.0 Å². The van der Waals surface area contributed by atoms with Gasteiger partial charge in [0, 0.05) is 5.41 Å². The molecule has 1 amide bonds. The van der Waals surface area contributed by atoms with Crippen molar-refractivity contribution >= 4 is 12.2 Å². The highest BCUT2D eigenvalue weighted by atomic mass is 19.4. The third-order valence-corrected chi connectivity index (χ3v) is 6.27. The van der Waals surface area contributed by atoms with Gasteiger partial charge >= 0.3 is 12.4 Å². The molecule has 1 aliphatic carbocycles. The Morgan fingerprint density at radius 1 is 1.00 bits per heavy atom. The first-order valence-corrected chi connectivity index (χ1v) is 10.2. The molecule has 176 valence electrons. The first-order chi connectivity index (χ1) is 15.3. The second-order valence-electron chi connectivity index (χ2n) is 8.56. The number of carbonyl (C=O) groups excluding carboxylic acids is 1. The molecule has 1 N–H and O–H groups in total. The lowest BCUT2D eigenvalue weighted by atomic mass is 9.55. The van der Waals surface area contributed by atoms with Crippen LogP contribution in [0.4, 0.5) is 26.3 Å². The van der Waals surface area contributed by atoms with Crippen molar-refractivity contribution < 1.29 is 35.9 Å². The molecular formula is C23H20F6N2O2. The molecule has 0 aromatic heterocycles. The molecule has 1 heterocycles. The number of benzene rings is 2. The van der Waals surface area contributed by atoms with Crippen LogP contribution in [-0.2, 0) is 27.3 Å². The summed E-state index contributed by atoms with van der Waals surface area (Å²) in [5, 5.41) is 2.55. The number of rotatable bonds is 5. The largest absolute Gasteiger partial charge is 0.416 e. The molecule has 1 aliphatic heterocycles. The Bertz CT molecular complexity index is 1040. The number of amides is 1. The maximum Gasteiger partial charge on any atom is 0.416 e. The second-order valence-corrected chi connectivity index (χ2v) is 8.56. The predicted molar refractivity (Wildman–Crippen MR) is 108 cm³/mol. The summed E-state index contributed by atoms with van der Waals surface area (Å²) in [5.41, 5.74) is -3.73. The fraction of sp³-hybridized carbons (Fsp3) is 0.391. The number of aliphatic imine (C=N–C) groups is 1. The van der Waals surface area contributed by atoms with Crippen LogP contribution in [0.25, 0.3) is 0 Å². The SMILES string of the molecule is C[C@@H](OCC1(c2ccccc2)CC2(C1)N=CNC2=O)c1cc(C(F)(F)F)cc(C(F)(F)F)c1. The number of nitrogens with zero attached hydrogens (tertiary/aromatic N) is 1. The van der Waals surface area contributed by atoms with Gasteiger partial charge in [0.25, 0.3) is 5.91 Å². The number of ether oxygens (including phenoxy) is 1. The van der Waals surface area contributed by atoms with E-state index in [9.17, 15) is 31.1 Å². The van der Waals surface area contributed by atoms with E-state index in [1.54, 1.807) is 0 Å². The smallest absolute Gasteiger partial charge is 0.373 e. The molecule has 1 fully saturated rings. The van der Waals surface area contributed by atoms with E-state index in [1.807, 2.05) is 30.3 Å². The van der Waals surface area contributed by atoms with Gasteiger partial charge in [-0.15, -0.1) is 0 Å². The average molecular weight is 470 g/mol. The van der Waals surface area contributed by atoms with E-state index in [2.05, 4.69) is 10.3 Å². The van der Waals surface area contributed by atoms with Gasteiger partial charge in [-0.05, 0) is 49.1 Å². The van der Waals surface area contributed by atoms with Crippen molar-refractivity contribution in [2.45, 2.75) is 49.2 Å². The maximum absolute atomic E-state index is 13.2. The monoisotopic (exact) mass is 470 g/mol. The van der Waals surface area contributed by atoms with E-state index >= 15 is 0 Å². The lowest BCUT2D eigenvalue weighted by Crippen LogP contribution is -2.60. The summed E-state index contributed by atoms with van der Waals surface area (Å²) < 4.78 is 85.1. The molecule has 33 heavy (non-hydrogen) atoms. The summed E-state index contributed by atoms with van der Waals surface area (Å²) >= 11 is 0. The number of hydrogen-bond acceptors (Lipinski definition) is 3. The Morgan fingerprint density at radius 2 is 1.58 bits per heavy atom. The van der Waals surface area contributed by atoms with Gasteiger partial charge in [0.05, 0.1) is 30.2 Å². The van der Waals surface area contributed by atoms with Crippen molar-refractivity contribution in [3.63, 3.8) is 0 Å². The standard InChI is InChI=1S/C23H20F6N2O2/c1-14(15-7-17(22(24,25)26)9-18(8-15)23(27,28)29)33-12-20(16-5-3-2-4-6-16)10-21(11-20)19(32)30-13-31-21/h2-9,13-14H,10-12H2,1H3,(H,30,31,32)/t14-,20?,21?/m1/s1. The van der Waals surface area contributed by atoms with Gasteiger partial charge in [-0.25, -0.2) is 0 Å². The van der Waals surface area contributed by atoms with E-state index in [1.165, 1.54) is 13.3 Å². The first kappa shape index (κ1) is 23.3. The van der Waals surface area contributed by atoms with Crippen molar-refractivity contribution in [2.24, 2.45) is 4.99 Å². The van der Waals surface area contributed by atoms with Gasteiger partial charge in [-0.1, -0.05) is 30.3 Å². The molecule has 2 aromatic carbocycles. The zero-order valence-electron chi connectivity index (χ0n) is 17.4. The summed E-state index contributed by atoms with van der Waals surface area (Å²) in [6.07, 6.45) is -8.96. The van der Waals surface area contributed by atoms with Crippen molar-refractivity contribution in [1.29, 1.82) is 0 Å². The molecule has 4 rings (SSSR count). The van der Waals surface area contributed by atoms with Gasteiger partial charge < -0.3 is 10.1 Å². The van der Waals surface area contributed by atoms with E-state index in [4.69, 9.17) is 4.74 Å². The number of carbonyl (C=O) groups is 1. The Kier molecular flexibility index (Phi) is 5.55. The van der Waals surface area contributed by atoms with Crippen LogP contribution in [0.3, 0.4) is 0 Å². The highest BCUT2D eigenvalue weighted by molar-refractivity contribution is 6.01. The molecular weight excluding hydrogens is 450 g/mol. The highest BCUT2D eigenvalue weighted by Gasteiger charge is 2.61. The third kappa shape index (κ3) is 4.36. The van der Waals surface area contributed by atoms with Crippen LogP contribution in [0.5, 0.6) is 0 Å². The topological polar surface area (TPSA) is 50.7 Å². The van der Waals surface area contributed by atoms with Crippen LogP contribution in [-0.4, -0.2) is 24.4 Å². The molecule has 10 heteroatoms. The molecule has 2 aliphatic rings. The van der Waals surface area contributed by atoms with Crippen molar-refractivity contribution in [3.8, 4) is 0 Å². The molecule has 1 spiro atoms. The van der Waals surface area contributed by atoms with Crippen LogP contribution in [0.15, 0.2) is 53.5 Å². The van der Waals surface area contributed by atoms with Gasteiger partial charge in [0.15, 0.2) is 0 Å². The molecule has 2 aromatic rings. The van der Waals surface area contributed by atoms with Crippen LogP contribution in [0, 0.1) is 0 Å². The normalized spacial score (nSPS) is 25.7. The Balaban J connectivity index is 1.59. The summed E-state index contributed by atoms with van der Waals surface area (Å²) in [4.78, 5) is 16.5. The Labute approximate surface area is 185 Å². The molecule has 0 saturated heterocycles. The Hall–Kier alpha value is -2.88. The van der Waals surface area contributed by atoms with Gasteiger partial charge in [-0.2, -0.15) is 26.3 Å². The Morgan fingerprint density at radius 3 is 2.06 bits per heavy atom. The molecule has 4 nitrogen and oxygen atoms in total. The fourth-order valence-electron chi connectivity index (χ4n) is 4.50. The van der Waals surface area contributed by atoms with Gasteiger partial charge in [-0.3, -0.25) is 9.79 Å². The minimum atomic E-state index is -4.94. The molecule has 1 saturated carbocycles. The number of halogens is 6. The first-order valence-electron chi connectivity index (χ1n) is 10.2. The van der Waals surface area contributed by atoms with Gasteiger partial charge in [0.2, 0.25) is 0 Å². The van der Waals surface area contributed by atoms with Crippen LogP contribution < -0.4 is 5.32 Å². The summed E-state index contributed by atoms with van der Waals surface area (Å²) in [6.45, 7) is 1.41. The minimum Gasteiger partial charge on any atom is -0.373 e. The molecule has 0 unspecified atom stereocenters. The zero-order valence-corrected chi connectivity index (χ0v) is 17.4. The van der Waals surface area contributed by atoms with Crippen LogP contribution in [0.2, 0.25) is 0 Å². The molecule has 0 bridgehead atoms. The number of nitrogens with one attached hydrogen (secondary N) is 1. The van der Waals surface area contributed by atoms with Crippen molar-refractivity contribution in [1.82, 2.24) is 5.32 Å². The van der Waals surface area contributed by atoms with E-state index in [0.717, 1.165) is 5.56 Å². The van der Waals surface area contributed by atoms with E-state index in [-0.39, 0.29) is 24.1 Å². The van der Waals surface area contributed by atoms with Gasteiger partial charge in [0.1, 0.15) is 5.54 Å². The average Bonchev–Trinajstić information content (AvgIpc) is 3.11. The number of alkyl halides is 6. The second kappa shape index (κ2) is 7.86.